The Labute approximate surface area is 91.2 Å². The maximum Gasteiger partial charge on any atom is 0.0948 e. The van der Waals surface area contributed by atoms with Gasteiger partial charge in [-0.2, -0.15) is 0 Å². The molecule has 15 heavy (non-hydrogen) atoms. The lowest BCUT2D eigenvalue weighted by Crippen LogP contribution is -2.16. The van der Waals surface area contributed by atoms with Gasteiger partial charge in [0.25, 0.3) is 0 Å². The molecule has 0 saturated carbocycles. The van der Waals surface area contributed by atoms with Gasteiger partial charge >= 0.3 is 0 Å². The molecule has 1 N–H and O–H groups in total. The van der Waals surface area contributed by atoms with E-state index in [1.54, 1.807) is 0 Å². The van der Waals surface area contributed by atoms with Crippen molar-refractivity contribution in [3.8, 4) is 0 Å². The fraction of sp³-hybridized carbons (Fsp3) is 0.583. The van der Waals surface area contributed by atoms with Crippen molar-refractivity contribution in [2.45, 2.75) is 38.8 Å². The molecule has 0 unspecified atom stereocenters. The predicted octanol–water partition coefficient (Wildman–Crippen LogP) is 2.27. The number of hydrogen-bond acceptors (Lipinski definition) is 2. The lowest BCUT2D eigenvalue weighted by molar-refractivity contribution is 0.566. The topological polar surface area (TPSA) is 29.9 Å². The summed E-state index contributed by atoms with van der Waals surface area (Å²) in [6, 6.07) is 0.526. The van der Waals surface area contributed by atoms with E-state index in [2.05, 4.69) is 33.9 Å². The lowest BCUT2D eigenvalue weighted by atomic mass is 10.2. The van der Waals surface area contributed by atoms with Crippen LogP contribution >= 0.6 is 0 Å². The van der Waals surface area contributed by atoms with E-state index in [4.69, 9.17) is 0 Å². The van der Waals surface area contributed by atoms with Crippen molar-refractivity contribution in [3.63, 3.8) is 0 Å². The SMILES string of the molecule is C/C=C/CCn1cncc1[C@@H]1CCCN1. The fourth-order valence-corrected chi connectivity index (χ4v) is 2.13. The highest BCUT2D eigenvalue weighted by molar-refractivity contribution is 5.07. The Morgan fingerprint density at radius 1 is 1.67 bits per heavy atom. The van der Waals surface area contributed by atoms with E-state index in [-0.39, 0.29) is 0 Å². The summed E-state index contributed by atoms with van der Waals surface area (Å²) in [6.45, 7) is 4.25. The Bertz CT molecular complexity index is 321. The molecule has 2 rings (SSSR count). The Hall–Kier alpha value is -1.09. The Kier molecular flexibility index (Phi) is 3.56. The summed E-state index contributed by atoms with van der Waals surface area (Å²) in [7, 11) is 0. The number of aromatic nitrogens is 2. The molecule has 0 spiro atoms. The van der Waals surface area contributed by atoms with Crippen LogP contribution < -0.4 is 5.32 Å². The van der Waals surface area contributed by atoms with Crippen LogP contribution in [0, 0.1) is 0 Å². The van der Waals surface area contributed by atoms with Crippen molar-refractivity contribution in [3.05, 3.63) is 30.4 Å². The molecule has 1 aromatic heterocycles. The molecule has 1 aliphatic rings. The molecular formula is C12H19N3. The smallest absolute Gasteiger partial charge is 0.0948 e. The molecule has 2 heterocycles. The average molecular weight is 205 g/mol. The summed E-state index contributed by atoms with van der Waals surface area (Å²) < 4.78 is 2.27. The van der Waals surface area contributed by atoms with Gasteiger partial charge in [0, 0.05) is 18.8 Å². The second-order valence-electron chi connectivity index (χ2n) is 4.02. The van der Waals surface area contributed by atoms with E-state index in [0.29, 0.717) is 6.04 Å². The van der Waals surface area contributed by atoms with E-state index in [1.807, 2.05) is 12.5 Å². The van der Waals surface area contributed by atoms with Crippen molar-refractivity contribution in [1.29, 1.82) is 0 Å². The third kappa shape index (κ3) is 2.48. The van der Waals surface area contributed by atoms with Gasteiger partial charge in [-0.25, -0.2) is 4.98 Å². The summed E-state index contributed by atoms with van der Waals surface area (Å²) in [5, 5.41) is 3.51. The number of hydrogen-bond donors (Lipinski definition) is 1. The number of allylic oxidation sites excluding steroid dienone is 2. The first kappa shape index (κ1) is 10.4. The minimum Gasteiger partial charge on any atom is -0.333 e. The third-order valence-corrected chi connectivity index (χ3v) is 2.93. The summed E-state index contributed by atoms with van der Waals surface area (Å²) in [5.74, 6) is 0. The molecule has 3 heteroatoms. The zero-order valence-electron chi connectivity index (χ0n) is 9.32. The van der Waals surface area contributed by atoms with Gasteiger partial charge in [0.15, 0.2) is 0 Å². The van der Waals surface area contributed by atoms with Gasteiger partial charge in [-0.1, -0.05) is 12.2 Å². The van der Waals surface area contributed by atoms with Gasteiger partial charge in [0.1, 0.15) is 0 Å². The highest BCUT2D eigenvalue weighted by atomic mass is 15.1. The minimum absolute atomic E-state index is 0.526. The fourth-order valence-electron chi connectivity index (χ4n) is 2.13. The zero-order valence-corrected chi connectivity index (χ0v) is 9.32. The van der Waals surface area contributed by atoms with E-state index in [9.17, 15) is 0 Å². The van der Waals surface area contributed by atoms with Gasteiger partial charge < -0.3 is 9.88 Å². The van der Waals surface area contributed by atoms with Gasteiger partial charge in [0.2, 0.25) is 0 Å². The third-order valence-electron chi connectivity index (χ3n) is 2.93. The van der Waals surface area contributed by atoms with Crippen LogP contribution in [0.3, 0.4) is 0 Å². The normalized spacial score (nSPS) is 21.5. The molecular weight excluding hydrogens is 186 g/mol. The molecule has 1 aliphatic heterocycles. The van der Waals surface area contributed by atoms with Crippen molar-refractivity contribution >= 4 is 0 Å². The van der Waals surface area contributed by atoms with Gasteiger partial charge in [-0.05, 0) is 32.7 Å². The number of imidazole rings is 1. The maximum atomic E-state index is 4.24. The van der Waals surface area contributed by atoms with Crippen LogP contribution in [0.2, 0.25) is 0 Å². The average Bonchev–Trinajstić information content (AvgIpc) is 2.87. The van der Waals surface area contributed by atoms with Crippen LogP contribution in [0.25, 0.3) is 0 Å². The van der Waals surface area contributed by atoms with Crippen LogP contribution in [0.15, 0.2) is 24.7 Å². The molecule has 1 aromatic rings. The largest absolute Gasteiger partial charge is 0.333 e. The first-order valence-electron chi connectivity index (χ1n) is 5.76. The maximum absolute atomic E-state index is 4.24. The molecule has 0 aromatic carbocycles. The van der Waals surface area contributed by atoms with Crippen molar-refractivity contribution in [1.82, 2.24) is 14.9 Å². The predicted molar refractivity (Wildman–Crippen MR) is 61.6 cm³/mol. The molecule has 1 atom stereocenters. The zero-order chi connectivity index (χ0) is 10.5. The summed E-state index contributed by atoms with van der Waals surface area (Å²) >= 11 is 0. The highest BCUT2D eigenvalue weighted by Crippen LogP contribution is 2.22. The summed E-state index contributed by atoms with van der Waals surface area (Å²) in [6.07, 6.45) is 11.9. The molecule has 1 fully saturated rings. The highest BCUT2D eigenvalue weighted by Gasteiger charge is 2.19. The lowest BCUT2D eigenvalue weighted by Gasteiger charge is -2.12. The second-order valence-corrected chi connectivity index (χ2v) is 4.02. The van der Waals surface area contributed by atoms with Crippen LogP contribution in [-0.2, 0) is 6.54 Å². The number of aryl methyl sites for hydroxylation is 1. The Morgan fingerprint density at radius 2 is 2.60 bits per heavy atom. The molecule has 0 radical (unpaired) electrons. The van der Waals surface area contributed by atoms with Crippen LogP contribution in [0.1, 0.15) is 37.9 Å². The van der Waals surface area contributed by atoms with Crippen LogP contribution in [-0.4, -0.2) is 16.1 Å². The molecule has 1 saturated heterocycles. The molecule has 0 amide bonds. The number of nitrogens with one attached hydrogen (secondary N) is 1. The summed E-state index contributed by atoms with van der Waals surface area (Å²) in [5.41, 5.74) is 1.34. The number of nitrogens with zero attached hydrogens (tertiary/aromatic N) is 2. The first-order chi connectivity index (χ1) is 7.42. The minimum atomic E-state index is 0.526. The second kappa shape index (κ2) is 5.12. The van der Waals surface area contributed by atoms with Crippen LogP contribution in [0.5, 0.6) is 0 Å². The van der Waals surface area contributed by atoms with E-state index >= 15 is 0 Å². The van der Waals surface area contributed by atoms with E-state index in [0.717, 1.165) is 19.5 Å². The Morgan fingerprint density at radius 3 is 3.33 bits per heavy atom. The van der Waals surface area contributed by atoms with Gasteiger partial charge in [-0.15, -0.1) is 0 Å². The molecule has 0 bridgehead atoms. The van der Waals surface area contributed by atoms with Crippen LogP contribution in [0.4, 0.5) is 0 Å². The van der Waals surface area contributed by atoms with Crippen molar-refractivity contribution in [2.75, 3.05) is 6.54 Å². The molecule has 3 nitrogen and oxygen atoms in total. The molecule has 82 valence electrons. The van der Waals surface area contributed by atoms with E-state index < -0.39 is 0 Å². The molecule has 0 aliphatic carbocycles. The summed E-state index contributed by atoms with van der Waals surface area (Å²) in [4.78, 5) is 4.24. The van der Waals surface area contributed by atoms with Gasteiger partial charge in [-0.3, -0.25) is 0 Å². The van der Waals surface area contributed by atoms with Crippen molar-refractivity contribution < 1.29 is 0 Å². The van der Waals surface area contributed by atoms with E-state index in [1.165, 1.54) is 18.5 Å². The Balaban J connectivity index is 2.00. The van der Waals surface area contributed by atoms with Gasteiger partial charge in [0.05, 0.1) is 12.0 Å². The first-order valence-corrected chi connectivity index (χ1v) is 5.76. The van der Waals surface area contributed by atoms with Crippen molar-refractivity contribution in [2.24, 2.45) is 0 Å². The monoisotopic (exact) mass is 205 g/mol. The quantitative estimate of drug-likeness (QED) is 0.764. The number of rotatable bonds is 4. The standard InChI is InChI=1S/C12H19N3/c1-2-3-4-8-15-10-13-9-12(15)11-6-5-7-14-11/h2-3,9-11,14H,4-8H2,1H3/b3-2+/t11-/m0/s1.